The summed E-state index contributed by atoms with van der Waals surface area (Å²) in [7, 11) is 0. The van der Waals surface area contributed by atoms with E-state index in [-0.39, 0.29) is 11.3 Å². The lowest BCUT2D eigenvalue weighted by atomic mass is 9.61. The first kappa shape index (κ1) is 39.3. The molecule has 3 aliphatic rings. The number of hydrogen-bond donors (Lipinski definition) is 0. The second kappa shape index (κ2) is 14.6. The van der Waals surface area contributed by atoms with E-state index in [0.717, 1.165) is 55.5 Å². The van der Waals surface area contributed by atoms with Crippen molar-refractivity contribution in [3.05, 3.63) is 271 Å². The zero-order valence-corrected chi connectivity index (χ0v) is 38.6. The summed E-state index contributed by atoms with van der Waals surface area (Å²) in [4.78, 5) is 2.53. The third kappa shape index (κ3) is 5.23. The van der Waals surface area contributed by atoms with Gasteiger partial charge in [0.25, 0.3) is 0 Å². The maximum absolute atomic E-state index is 7.07. The standard InChI is InChI=1S/C68H45NO/c1-67-41-15-14-34-63(67)68(59-30-12-11-29-58(59)67)57-28-10-8-25-55(57)64-60(68)31-17-33-62(64)69(46-38-35-44(36-39-46)56-42-45-19-3-4-20-47(45)49-22-6-7-23-50(49)56)61-32-13-9-24-51(61)52-26-16-27-53-54-40-37-43-18-2-5-21-48(43)65(54)70-66(52)53/h2-42,63H,1H3. The molecule has 3 atom stereocenters. The highest BCUT2D eigenvalue weighted by atomic mass is 16.3. The number of benzene rings is 11. The quantitative estimate of drug-likeness (QED) is 0.160. The van der Waals surface area contributed by atoms with E-state index in [9.17, 15) is 0 Å². The van der Waals surface area contributed by atoms with Crippen LogP contribution in [0.4, 0.5) is 17.1 Å². The molecular weight excluding hydrogens is 847 g/mol. The van der Waals surface area contributed by atoms with Gasteiger partial charge in [0.2, 0.25) is 0 Å². The van der Waals surface area contributed by atoms with E-state index >= 15 is 0 Å². The van der Waals surface area contributed by atoms with Gasteiger partial charge in [0.1, 0.15) is 11.2 Å². The molecule has 3 unspecified atom stereocenters. The molecule has 3 aliphatic carbocycles. The summed E-state index contributed by atoms with van der Waals surface area (Å²) in [5, 5.41) is 9.56. The SMILES string of the molecule is CC12C=CC=CC1C1(c3ccccc3-c3c(N(c4ccc(-c5cc6ccccc6c6ccccc56)cc4)c4ccccc4-c4cccc5c4oc4c6ccccc6ccc54)cccc31)c1ccccc12. The molecule has 2 nitrogen and oxygen atoms in total. The highest BCUT2D eigenvalue weighted by molar-refractivity contribution is 6.18. The average Bonchev–Trinajstić information content (AvgIpc) is 4.05. The van der Waals surface area contributed by atoms with Crippen molar-refractivity contribution in [1.82, 2.24) is 0 Å². The van der Waals surface area contributed by atoms with E-state index in [4.69, 9.17) is 4.42 Å². The maximum Gasteiger partial charge on any atom is 0.143 e. The van der Waals surface area contributed by atoms with Crippen LogP contribution in [0.2, 0.25) is 0 Å². The highest BCUT2D eigenvalue weighted by Gasteiger charge is 2.61. The van der Waals surface area contributed by atoms with Crippen molar-refractivity contribution < 1.29 is 4.42 Å². The summed E-state index contributed by atoms with van der Waals surface area (Å²) in [5.74, 6) is 0.179. The van der Waals surface area contributed by atoms with Gasteiger partial charge in [-0.15, -0.1) is 0 Å². The van der Waals surface area contributed by atoms with E-state index < -0.39 is 5.41 Å². The summed E-state index contributed by atoms with van der Waals surface area (Å²) in [6, 6.07) is 83.3. The number of allylic oxidation sites excluding steroid dienone is 4. The number of rotatable bonds is 5. The molecule has 0 aliphatic heterocycles. The van der Waals surface area contributed by atoms with Crippen LogP contribution in [0.1, 0.15) is 29.2 Å². The first-order valence-corrected chi connectivity index (χ1v) is 24.5. The lowest BCUT2D eigenvalue weighted by Crippen LogP contribution is -2.38. The lowest BCUT2D eigenvalue weighted by molar-refractivity contribution is 0.372. The van der Waals surface area contributed by atoms with Crippen LogP contribution in [0.5, 0.6) is 0 Å². The summed E-state index contributed by atoms with van der Waals surface area (Å²) in [6.45, 7) is 2.44. The van der Waals surface area contributed by atoms with E-state index in [1.165, 1.54) is 71.4 Å². The molecule has 328 valence electrons. The Kier molecular flexibility index (Phi) is 8.22. The van der Waals surface area contributed by atoms with Gasteiger partial charge in [-0.2, -0.15) is 0 Å². The van der Waals surface area contributed by atoms with Gasteiger partial charge in [-0.1, -0.05) is 219 Å². The topological polar surface area (TPSA) is 16.4 Å². The molecule has 0 saturated carbocycles. The van der Waals surface area contributed by atoms with Gasteiger partial charge in [0, 0.05) is 49.9 Å². The van der Waals surface area contributed by atoms with Crippen molar-refractivity contribution in [3.63, 3.8) is 0 Å². The zero-order valence-electron chi connectivity index (χ0n) is 38.6. The fourth-order valence-electron chi connectivity index (χ4n) is 13.3. The zero-order chi connectivity index (χ0) is 46.1. The Hall–Kier alpha value is -8.72. The molecule has 0 radical (unpaired) electrons. The van der Waals surface area contributed by atoms with Crippen molar-refractivity contribution in [3.8, 4) is 33.4 Å². The van der Waals surface area contributed by atoms with Crippen molar-refractivity contribution >= 4 is 71.3 Å². The smallest absolute Gasteiger partial charge is 0.143 e. The molecule has 1 spiro atoms. The van der Waals surface area contributed by atoms with Crippen molar-refractivity contribution in [2.75, 3.05) is 4.90 Å². The normalized spacial score (nSPS) is 18.5. The predicted molar refractivity (Wildman–Crippen MR) is 293 cm³/mol. The fraction of sp³-hybridized carbons (Fsp3) is 0.0588. The van der Waals surface area contributed by atoms with E-state index in [1.807, 2.05) is 0 Å². The van der Waals surface area contributed by atoms with Gasteiger partial charge in [0.05, 0.1) is 16.8 Å². The molecule has 0 bridgehead atoms. The summed E-state index contributed by atoms with van der Waals surface area (Å²) >= 11 is 0. The Morgan fingerprint density at radius 3 is 1.87 bits per heavy atom. The lowest BCUT2D eigenvalue weighted by Gasteiger charge is -2.40. The molecule has 2 heteroatoms. The minimum atomic E-state index is -0.399. The van der Waals surface area contributed by atoms with Crippen LogP contribution in [0.25, 0.3) is 87.6 Å². The maximum atomic E-state index is 7.07. The fourth-order valence-corrected chi connectivity index (χ4v) is 13.3. The number of anilines is 3. The number of nitrogens with zero attached hydrogens (tertiary/aromatic N) is 1. The molecule has 0 fully saturated rings. The second-order valence-electron chi connectivity index (χ2n) is 19.6. The summed E-state index contributed by atoms with van der Waals surface area (Å²) in [5.41, 5.74) is 17.1. The largest absolute Gasteiger partial charge is 0.455 e. The first-order valence-electron chi connectivity index (χ1n) is 24.5. The van der Waals surface area contributed by atoms with Crippen molar-refractivity contribution in [1.29, 1.82) is 0 Å². The van der Waals surface area contributed by atoms with Crippen LogP contribution >= 0.6 is 0 Å². The molecular formula is C68H45NO. The van der Waals surface area contributed by atoms with Gasteiger partial charge < -0.3 is 9.32 Å². The number of hydrogen-bond acceptors (Lipinski definition) is 2. The average molecular weight is 892 g/mol. The van der Waals surface area contributed by atoms with Gasteiger partial charge in [0.15, 0.2) is 0 Å². The third-order valence-corrected chi connectivity index (χ3v) is 16.3. The minimum Gasteiger partial charge on any atom is -0.455 e. The first-order chi connectivity index (χ1) is 34.6. The van der Waals surface area contributed by atoms with Gasteiger partial charge in [-0.3, -0.25) is 0 Å². The van der Waals surface area contributed by atoms with Crippen LogP contribution in [-0.2, 0) is 10.8 Å². The van der Waals surface area contributed by atoms with Gasteiger partial charge in [-0.05, 0) is 102 Å². The summed E-state index contributed by atoms with van der Waals surface area (Å²) < 4.78 is 7.07. The molecule has 1 aromatic heterocycles. The second-order valence-corrected chi connectivity index (χ2v) is 19.6. The predicted octanol–water partition coefficient (Wildman–Crippen LogP) is 18.2. The van der Waals surface area contributed by atoms with Crippen LogP contribution in [0, 0.1) is 5.92 Å². The number of fused-ring (bicyclic) bond motifs is 18. The van der Waals surface area contributed by atoms with Crippen LogP contribution in [-0.4, -0.2) is 0 Å². The molecule has 1 heterocycles. The Morgan fingerprint density at radius 2 is 1.01 bits per heavy atom. The van der Waals surface area contributed by atoms with E-state index in [2.05, 4.69) is 261 Å². The molecule has 0 N–H and O–H groups in total. The van der Waals surface area contributed by atoms with Crippen LogP contribution in [0.15, 0.2) is 253 Å². The van der Waals surface area contributed by atoms with Gasteiger partial charge >= 0.3 is 0 Å². The number of para-hydroxylation sites is 2. The van der Waals surface area contributed by atoms with Crippen LogP contribution in [0.3, 0.4) is 0 Å². The summed E-state index contributed by atoms with van der Waals surface area (Å²) in [6.07, 6.45) is 9.45. The Bertz CT molecular complexity index is 4230. The van der Waals surface area contributed by atoms with Gasteiger partial charge in [-0.25, -0.2) is 0 Å². The minimum absolute atomic E-state index is 0.179. The molecule has 0 saturated heterocycles. The third-order valence-electron chi connectivity index (χ3n) is 16.3. The molecule has 70 heavy (non-hydrogen) atoms. The molecule has 15 rings (SSSR count). The molecule has 11 aromatic carbocycles. The molecule has 12 aromatic rings. The number of furan rings is 1. The Morgan fingerprint density at radius 1 is 0.400 bits per heavy atom. The Labute approximate surface area is 406 Å². The van der Waals surface area contributed by atoms with E-state index in [1.54, 1.807) is 0 Å². The Balaban J connectivity index is 0.996. The van der Waals surface area contributed by atoms with Crippen LogP contribution < -0.4 is 4.90 Å². The van der Waals surface area contributed by atoms with E-state index in [0.29, 0.717) is 0 Å². The van der Waals surface area contributed by atoms with Crippen molar-refractivity contribution in [2.45, 2.75) is 17.8 Å². The van der Waals surface area contributed by atoms with Crippen molar-refractivity contribution in [2.24, 2.45) is 5.92 Å². The monoisotopic (exact) mass is 891 g/mol. The molecule has 0 amide bonds. The highest BCUT2D eigenvalue weighted by Crippen LogP contribution is 2.68.